The first kappa shape index (κ1) is 24.5. The summed E-state index contributed by atoms with van der Waals surface area (Å²) in [7, 11) is 0. The van der Waals surface area contributed by atoms with Gasteiger partial charge in [-0.1, -0.05) is 0 Å². The van der Waals surface area contributed by atoms with E-state index in [1.54, 1.807) is 12.1 Å². The molecule has 0 atom stereocenters. The zero-order chi connectivity index (χ0) is 26.0. The summed E-state index contributed by atoms with van der Waals surface area (Å²) in [4.78, 5) is 40.4. The molecular weight excluding hydrogens is 479 g/mol. The quantitative estimate of drug-likeness (QED) is 0.350. The number of amides is 3. The van der Waals surface area contributed by atoms with E-state index < -0.39 is 17.6 Å². The first-order valence-electron chi connectivity index (χ1n) is 10.6. The average Bonchev–Trinajstić information content (AvgIpc) is 3.40. The van der Waals surface area contributed by atoms with Gasteiger partial charge in [0.2, 0.25) is 17.8 Å². The van der Waals surface area contributed by atoms with E-state index in [9.17, 15) is 27.6 Å². The Morgan fingerprint density at radius 1 is 0.944 bits per heavy atom. The highest BCUT2D eigenvalue weighted by Gasteiger charge is 2.31. The lowest BCUT2D eigenvalue weighted by molar-refractivity contribution is -0.137. The van der Waals surface area contributed by atoms with E-state index in [0.29, 0.717) is 11.3 Å². The number of carbonyl (C=O) groups is 3. The van der Waals surface area contributed by atoms with Crippen molar-refractivity contribution in [3.05, 3.63) is 71.7 Å². The predicted octanol–water partition coefficient (Wildman–Crippen LogP) is 4.87. The normalized spacial score (nSPS) is 11.4. The Morgan fingerprint density at radius 2 is 1.61 bits per heavy atom. The molecule has 0 spiro atoms. The van der Waals surface area contributed by atoms with E-state index in [0.717, 1.165) is 12.1 Å². The first-order chi connectivity index (χ1) is 17.0. The summed E-state index contributed by atoms with van der Waals surface area (Å²) < 4.78 is 46.6. The van der Waals surface area contributed by atoms with Crippen LogP contribution in [0.1, 0.15) is 35.5 Å². The molecule has 4 rings (SSSR count). The maximum Gasteiger partial charge on any atom is 0.416 e. The van der Waals surface area contributed by atoms with Crippen molar-refractivity contribution in [3.63, 3.8) is 0 Å². The summed E-state index contributed by atoms with van der Waals surface area (Å²) >= 11 is 0. The molecule has 9 nitrogen and oxygen atoms in total. The van der Waals surface area contributed by atoms with Crippen molar-refractivity contribution in [2.45, 2.75) is 26.6 Å². The van der Waals surface area contributed by atoms with Crippen LogP contribution < -0.4 is 16.0 Å². The minimum absolute atomic E-state index is 0.0169. The lowest BCUT2D eigenvalue weighted by Crippen LogP contribution is -2.18. The highest BCUT2D eigenvalue weighted by molar-refractivity contribution is 6.06. The van der Waals surface area contributed by atoms with Gasteiger partial charge in [-0.05, 0) is 48.5 Å². The van der Waals surface area contributed by atoms with Crippen LogP contribution in [-0.4, -0.2) is 27.3 Å². The fourth-order valence-corrected chi connectivity index (χ4v) is 3.60. The van der Waals surface area contributed by atoms with Crippen molar-refractivity contribution in [2.24, 2.45) is 0 Å². The van der Waals surface area contributed by atoms with Crippen LogP contribution in [0.15, 0.2) is 59.2 Å². The van der Waals surface area contributed by atoms with Crippen molar-refractivity contribution in [1.29, 1.82) is 0 Å². The molecule has 4 aromatic rings. The summed E-state index contributed by atoms with van der Waals surface area (Å²) in [5.74, 6) is -0.966. The van der Waals surface area contributed by atoms with E-state index in [4.69, 9.17) is 4.42 Å². The molecule has 0 aliphatic heterocycles. The SMILES string of the molecule is CC(=O)Nc1cc(NC(C)=O)cc(C(=O)Nc2nc3cc(C(F)(F)F)ccc3n2Cc2ccco2)c1. The van der Waals surface area contributed by atoms with E-state index in [1.165, 1.54) is 48.9 Å². The molecule has 3 N–H and O–H groups in total. The topological polar surface area (TPSA) is 118 Å². The van der Waals surface area contributed by atoms with Gasteiger partial charge in [0.25, 0.3) is 5.91 Å². The molecule has 0 unspecified atom stereocenters. The number of fused-ring (bicyclic) bond motifs is 1. The number of furan rings is 1. The number of halogens is 3. The molecule has 2 aromatic carbocycles. The Labute approximate surface area is 202 Å². The molecule has 2 aromatic heterocycles. The van der Waals surface area contributed by atoms with Crippen molar-refractivity contribution in [3.8, 4) is 0 Å². The highest BCUT2D eigenvalue weighted by Crippen LogP contribution is 2.32. The monoisotopic (exact) mass is 499 g/mol. The van der Waals surface area contributed by atoms with Crippen molar-refractivity contribution in [1.82, 2.24) is 9.55 Å². The number of hydrogen-bond acceptors (Lipinski definition) is 5. The molecule has 2 heterocycles. The Bertz CT molecular complexity index is 1420. The van der Waals surface area contributed by atoms with Crippen molar-refractivity contribution >= 4 is 46.1 Å². The van der Waals surface area contributed by atoms with Crippen LogP contribution >= 0.6 is 0 Å². The number of imidazole rings is 1. The Balaban J connectivity index is 1.74. The van der Waals surface area contributed by atoms with Gasteiger partial charge in [-0.15, -0.1) is 0 Å². The van der Waals surface area contributed by atoms with Crippen LogP contribution in [0, 0.1) is 0 Å². The van der Waals surface area contributed by atoms with Crippen LogP contribution in [0.5, 0.6) is 0 Å². The fourth-order valence-electron chi connectivity index (χ4n) is 3.60. The zero-order valence-corrected chi connectivity index (χ0v) is 19.1. The molecule has 0 saturated heterocycles. The smallest absolute Gasteiger partial charge is 0.416 e. The molecule has 186 valence electrons. The molecule has 36 heavy (non-hydrogen) atoms. The van der Waals surface area contributed by atoms with Crippen LogP contribution in [0.4, 0.5) is 30.5 Å². The Hall–Kier alpha value is -4.61. The Kier molecular flexibility index (Phi) is 6.51. The molecule has 3 amide bonds. The van der Waals surface area contributed by atoms with Crippen molar-refractivity contribution in [2.75, 3.05) is 16.0 Å². The van der Waals surface area contributed by atoms with E-state index in [-0.39, 0.29) is 46.8 Å². The predicted molar refractivity (Wildman–Crippen MR) is 126 cm³/mol. The molecule has 0 aliphatic rings. The van der Waals surface area contributed by atoms with E-state index in [1.807, 2.05) is 0 Å². The number of nitrogens with one attached hydrogen (secondary N) is 3. The maximum atomic E-state index is 13.2. The first-order valence-corrected chi connectivity index (χ1v) is 10.6. The van der Waals surface area contributed by atoms with Crippen LogP contribution in [0.2, 0.25) is 0 Å². The van der Waals surface area contributed by atoms with Gasteiger partial charge in [-0.25, -0.2) is 4.98 Å². The molecule has 0 radical (unpaired) electrons. The zero-order valence-electron chi connectivity index (χ0n) is 19.1. The average molecular weight is 499 g/mol. The van der Waals surface area contributed by atoms with Gasteiger partial charge in [0.1, 0.15) is 5.76 Å². The largest absolute Gasteiger partial charge is 0.467 e. The molecular formula is C24H20F3N5O4. The number of aromatic nitrogens is 2. The van der Waals surface area contributed by atoms with Gasteiger partial charge in [-0.3, -0.25) is 19.7 Å². The molecule has 12 heteroatoms. The number of carbonyl (C=O) groups excluding carboxylic acids is 3. The molecule has 0 bridgehead atoms. The lowest BCUT2D eigenvalue weighted by Gasteiger charge is -2.12. The number of rotatable bonds is 6. The second-order valence-electron chi connectivity index (χ2n) is 7.92. The van der Waals surface area contributed by atoms with Gasteiger partial charge >= 0.3 is 6.18 Å². The van der Waals surface area contributed by atoms with E-state index in [2.05, 4.69) is 20.9 Å². The summed E-state index contributed by atoms with van der Waals surface area (Å²) in [6.45, 7) is 2.67. The summed E-state index contributed by atoms with van der Waals surface area (Å²) in [6, 6.07) is 10.7. The second kappa shape index (κ2) is 9.56. The fraction of sp³-hybridized carbons (Fsp3) is 0.167. The van der Waals surface area contributed by atoms with Gasteiger partial charge in [0.05, 0.1) is 29.4 Å². The number of alkyl halides is 3. The highest BCUT2D eigenvalue weighted by atomic mass is 19.4. The van der Waals surface area contributed by atoms with Crippen LogP contribution in [-0.2, 0) is 22.3 Å². The Morgan fingerprint density at radius 3 is 2.17 bits per heavy atom. The summed E-state index contributed by atoms with van der Waals surface area (Å²) in [6.07, 6.45) is -3.11. The number of anilines is 3. The van der Waals surface area contributed by atoms with Crippen LogP contribution in [0.25, 0.3) is 11.0 Å². The van der Waals surface area contributed by atoms with Crippen molar-refractivity contribution < 1.29 is 32.0 Å². The van der Waals surface area contributed by atoms with Crippen LogP contribution in [0.3, 0.4) is 0 Å². The van der Waals surface area contributed by atoms with Gasteiger partial charge in [0, 0.05) is 30.8 Å². The standard InChI is InChI=1S/C24H20F3N5O4/c1-13(33)28-17-8-15(9-18(11-17)29-14(2)34)22(35)31-23-30-20-10-16(24(25,26)27)5-6-21(20)32(23)12-19-4-3-7-36-19/h3-11H,12H2,1-2H3,(H,28,33)(H,29,34)(H,30,31,35). The number of benzene rings is 2. The molecule has 0 fully saturated rings. The third kappa shape index (κ3) is 5.54. The van der Waals surface area contributed by atoms with E-state index >= 15 is 0 Å². The van der Waals surface area contributed by atoms with Gasteiger partial charge in [0.15, 0.2) is 0 Å². The third-order valence-electron chi connectivity index (χ3n) is 5.03. The lowest BCUT2D eigenvalue weighted by atomic mass is 10.1. The number of hydrogen-bond donors (Lipinski definition) is 3. The molecule has 0 saturated carbocycles. The minimum Gasteiger partial charge on any atom is -0.467 e. The molecule has 0 aliphatic carbocycles. The van der Waals surface area contributed by atoms with Gasteiger partial charge in [-0.2, -0.15) is 13.2 Å². The minimum atomic E-state index is -4.56. The van der Waals surface area contributed by atoms with Gasteiger partial charge < -0.3 is 19.6 Å². The summed E-state index contributed by atoms with van der Waals surface area (Å²) in [5.41, 5.74) is 0.0879. The summed E-state index contributed by atoms with van der Waals surface area (Å²) in [5, 5.41) is 7.71. The second-order valence-corrected chi connectivity index (χ2v) is 7.92. The third-order valence-corrected chi connectivity index (χ3v) is 5.03. The number of nitrogens with zero attached hydrogens (tertiary/aromatic N) is 2. The maximum absolute atomic E-state index is 13.2.